The molecule has 1 aromatic carbocycles. The molecule has 0 saturated carbocycles. The predicted molar refractivity (Wildman–Crippen MR) is 69.2 cm³/mol. The summed E-state index contributed by atoms with van der Waals surface area (Å²) in [5.41, 5.74) is 1.24. The van der Waals surface area contributed by atoms with Crippen LogP contribution in [0.1, 0.15) is 25.5 Å². The van der Waals surface area contributed by atoms with Crippen LogP contribution in [0.3, 0.4) is 0 Å². The van der Waals surface area contributed by atoms with Crippen LogP contribution in [0, 0.1) is 0 Å². The fourth-order valence-electron chi connectivity index (χ4n) is 1.40. The molecule has 0 fully saturated rings. The van der Waals surface area contributed by atoms with Crippen LogP contribution in [0.25, 0.3) is 0 Å². The van der Waals surface area contributed by atoms with Gasteiger partial charge in [-0.05, 0) is 24.6 Å². The predicted octanol–water partition coefficient (Wildman–Crippen LogP) is 2.24. The second kappa shape index (κ2) is 6.66. The molecule has 0 aromatic heterocycles. The number of carbonyl (C=O) groups is 1. The van der Waals surface area contributed by atoms with Gasteiger partial charge in [-0.25, -0.2) is 0 Å². The van der Waals surface area contributed by atoms with E-state index in [4.69, 9.17) is 0 Å². The van der Waals surface area contributed by atoms with Crippen molar-refractivity contribution in [3.05, 3.63) is 34.3 Å². The number of halogens is 1. The number of hydrogen-bond acceptors (Lipinski definition) is 2. The number of nitrogens with one attached hydrogen (secondary N) is 2. The van der Waals surface area contributed by atoms with Crippen LogP contribution < -0.4 is 10.6 Å². The first kappa shape index (κ1) is 13.2. The van der Waals surface area contributed by atoms with Crippen molar-refractivity contribution in [2.45, 2.75) is 19.9 Å². The number of hydrogen-bond donors (Lipinski definition) is 2. The molecule has 16 heavy (non-hydrogen) atoms. The van der Waals surface area contributed by atoms with E-state index < -0.39 is 0 Å². The van der Waals surface area contributed by atoms with Crippen LogP contribution in [-0.4, -0.2) is 19.0 Å². The van der Waals surface area contributed by atoms with Gasteiger partial charge in [0.15, 0.2) is 0 Å². The van der Waals surface area contributed by atoms with Crippen LogP contribution in [-0.2, 0) is 4.79 Å². The summed E-state index contributed by atoms with van der Waals surface area (Å²) in [5.74, 6) is 0.0121. The van der Waals surface area contributed by atoms with Crippen molar-refractivity contribution in [2.75, 3.05) is 13.1 Å². The summed E-state index contributed by atoms with van der Waals surface area (Å²) in [7, 11) is 0. The molecule has 1 atom stereocenters. The maximum Gasteiger partial charge on any atom is 0.216 e. The Balaban J connectivity index is 2.32. The van der Waals surface area contributed by atoms with Gasteiger partial charge < -0.3 is 10.6 Å². The normalized spacial score (nSPS) is 12.2. The van der Waals surface area contributed by atoms with Gasteiger partial charge in [0.1, 0.15) is 0 Å². The first-order valence-corrected chi connectivity index (χ1v) is 6.12. The Hall–Kier alpha value is -0.870. The minimum atomic E-state index is 0.0121. The highest BCUT2D eigenvalue weighted by Gasteiger charge is 2.03. The zero-order valence-electron chi connectivity index (χ0n) is 9.59. The lowest BCUT2D eigenvalue weighted by Crippen LogP contribution is -2.31. The van der Waals surface area contributed by atoms with Gasteiger partial charge in [-0.15, -0.1) is 0 Å². The zero-order valence-corrected chi connectivity index (χ0v) is 11.2. The van der Waals surface area contributed by atoms with Gasteiger partial charge in [0, 0.05) is 30.5 Å². The van der Waals surface area contributed by atoms with Gasteiger partial charge >= 0.3 is 0 Å². The Kier molecular flexibility index (Phi) is 5.49. The van der Waals surface area contributed by atoms with E-state index in [9.17, 15) is 4.79 Å². The molecule has 0 aliphatic carbocycles. The van der Waals surface area contributed by atoms with E-state index >= 15 is 0 Å². The fraction of sp³-hybridized carbons (Fsp3) is 0.417. The van der Waals surface area contributed by atoms with E-state index in [0.717, 1.165) is 11.0 Å². The Morgan fingerprint density at radius 1 is 1.31 bits per heavy atom. The average Bonchev–Trinajstić information content (AvgIpc) is 2.25. The Morgan fingerprint density at radius 3 is 2.50 bits per heavy atom. The molecule has 1 rings (SSSR count). The molecule has 1 aromatic rings. The second-order valence-corrected chi connectivity index (χ2v) is 4.63. The molecule has 0 bridgehead atoms. The summed E-state index contributed by atoms with van der Waals surface area (Å²) in [6.45, 7) is 5.07. The van der Waals surface area contributed by atoms with Crippen molar-refractivity contribution < 1.29 is 4.79 Å². The van der Waals surface area contributed by atoms with Gasteiger partial charge in [0.2, 0.25) is 5.91 Å². The molecule has 0 spiro atoms. The molecule has 0 saturated heterocycles. The smallest absolute Gasteiger partial charge is 0.216 e. The Labute approximate surface area is 105 Å². The standard InChI is InChI=1S/C12H17BrN2O/c1-9(14-7-8-15-10(2)16)11-3-5-12(13)6-4-11/h3-6,9,14H,7-8H2,1-2H3,(H,15,16)/t9-/m0/s1. The minimum absolute atomic E-state index is 0.0121. The summed E-state index contributed by atoms with van der Waals surface area (Å²) < 4.78 is 1.08. The van der Waals surface area contributed by atoms with Gasteiger partial charge in [0.05, 0.1) is 0 Å². The van der Waals surface area contributed by atoms with Crippen LogP contribution >= 0.6 is 15.9 Å². The molecule has 1 amide bonds. The molecule has 88 valence electrons. The largest absolute Gasteiger partial charge is 0.355 e. The summed E-state index contributed by atoms with van der Waals surface area (Å²) in [5, 5.41) is 6.10. The summed E-state index contributed by atoms with van der Waals surface area (Å²) in [4.78, 5) is 10.7. The topological polar surface area (TPSA) is 41.1 Å². The number of rotatable bonds is 5. The lowest BCUT2D eigenvalue weighted by atomic mass is 10.1. The summed E-state index contributed by atoms with van der Waals surface area (Å²) in [6.07, 6.45) is 0. The highest BCUT2D eigenvalue weighted by molar-refractivity contribution is 9.10. The molecule has 0 heterocycles. The van der Waals surface area contributed by atoms with Crippen molar-refractivity contribution in [3.63, 3.8) is 0 Å². The Bertz CT molecular complexity index is 337. The molecular weight excluding hydrogens is 268 g/mol. The summed E-state index contributed by atoms with van der Waals surface area (Å²) >= 11 is 3.41. The fourth-order valence-corrected chi connectivity index (χ4v) is 1.66. The molecule has 0 unspecified atom stereocenters. The van der Waals surface area contributed by atoms with Crippen LogP contribution in [0.2, 0.25) is 0 Å². The monoisotopic (exact) mass is 284 g/mol. The quantitative estimate of drug-likeness (QED) is 0.815. The summed E-state index contributed by atoms with van der Waals surface area (Å²) in [6, 6.07) is 8.52. The molecule has 0 aliphatic heterocycles. The van der Waals surface area contributed by atoms with E-state index in [1.807, 2.05) is 12.1 Å². The number of amides is 1. The van der Waals surface area contributed by atoms with Gasteiger partial charge in [-0.1, -0.05) is 28.1 Å². The molecule has 2 N–H and O–H groups in total. The highest BCUT2D eigenvalue weighted by atomic mass is 79.9. The lowest BCUT2D eigenvalue weighted by molar-refractivity contribution is -0.118. The van der Waals surface area contributed by atoms with Crippen molar-refractivity contribution in [3.8, 4) is 0 Å². The maximum atomic E-state index is 10.7. The van der Waals surface area contributed by atoms with Crippen molar-refractivity contribution in [1.29, 1.82) is 0 Å². The Morgan fingerprint density at radius 2 is 1.94 bits per heavy atom. The van der Waals surface area contributed by atoms with Gasteiger partial charge in [0.25, 0.3) is 0 Å². The van der Waals surface area contributed by atoms with Gasteiger partial charge in [-0.3, -0.25) is 4.79 Å². The third kappa shape index (κ3) is 4.77. The van der Waals surface area contributed by atoms with Crippen molar-refractivity contribution in [1.82, 2.24) is 10.6 Å². The van der Waals surface area contributed by atoms with Gasteiger partial charge in [-0.2, -0.15) is 0 Å². The first-order valence-electron chi connectivity index (χ1n) is 5.33. The van der Waals surface area contributed by atoms with E-state index in [0.29, 0.717) is 12.6 Å². The van der Waals surface area contributed by atoms with Crippen LogP contribution in [0.4, 0.5) is 0 Å². The third-order valence-electron chi connectivity index (χ3n) is 2.32. The number of carbonyl (C=O) groups excluding carboxylic acids is 1. The average molecular weight is 285 g/mol. The molecule has 4 heteroatoms. The lowest BCUT2D eigenvalue weighted by Gasteiger charge is -2.14. The van der Waals surface area contributed by atoms with Crippen molar-refractivity contribution in [2.24, 2.45) is 0 Å². The molecule has 0 aliphatic rings. The SMILES string of the molecule is CC(=O)NCCN[C@@H](C)c1ccc(Br)cc1. The highest BCUT2D eigenvalue weighted by Crippen LogP contribution is 2.15. The zero-order chi connectivity index (χ0) is 12.0. The van der Waals surface area contributed by atoms with E-state index in [2.05, 4.69) is 45.6 Å². The van der Waals surface area contributed by atoms with E-state index in [-0.39, 0.29) is 5.91 Å². The third-order valence-corrected chi connectivity index (χ3v) is 2.85. The second-order valence-electron chi connectivity index (χ2n) is 3.71. The minimum Gasteiger partial charge on any atom is -0.355 e. The van der Waals surface area contributed by atoms with Crippen molar-refractivity contribution >= 4 is 21.8 Å². The van der Waals surface area contributed by atoms with Crippen LogP contribution in [0.15, 0.2) is 28.7 Å². The molecule has 0 radical (unpaired) electrons. The molecule has 3 nitrogen and oxygen atoms in total. The maximum absolute atomic E-state index is 10.7. The van der Waals surface area contributed by atoms with Crippen LogP contribution in [0.5, 0.6) is 0 Å². The van der Waals surface area contributed by atoms with E-state index in [1.54, 1.807) is 0 Å². The number of benzene rings is 1. The molecular formula is C12H17BrN2O. The van der Waals surface area contributed by atoms with E-state index in [1.165, 1.54) is 12.5 Å². The first-order chi connectivity index (χ1) is 7.59.